The molecule has 0 aliphatic rings. The van der Waals surface area contributed by atoms with Crippen LogP contribution in [0.3, 0.4) is 0 Å². The van der Waals surface area contributed by atoms with Gasteiger partial charge in [0, 0.05) is 5.56 Å². The first-order valence-corrected chi connectivity index (χ1v) is 9.67. The average molecular weight is 341 g/mol. The van der Waals surface area contributed by atoms with Crippen molar-refractivity contribution in [2.75, 3.05) is 0 Å². The lowest BCUT2D eigenvalue weighted by molar-refractivity contribution is -0.112. The molecule has 0 aromatic heterocycles. The second-order valence-electron chi connectivity index (χ2n) is 6.72. The fourth-order valence-electron chi connectivity index (χ4n) is 3.10. The zero-order chi connectivity index (χ0) is 18.1. The van der Waals surface area contributed by atoms with Crippen LogP contribution in [0.2, 0.25) is 0 Å². The second kappa shape index (κ2) is 10.4. The third kappa shape index (κ3) is 5.98. The molecule has 2 rings (SSSR count). The van der Waals surface area contributed by atoms with Gasteiger partial charge >= 0.3 is 0 Å². The summed E-state index contributed by atoms with van der Waals surface area (Å²) < 4.78 is 5.73. The van der Waals surface area contributed by atoms with Crippen molar-refractivity contribution in [2.24, 2.45) is 0 Å². The Balaban J connectivity index is 1.96. The minimum atomic E-state index is -0.870. The zero-order valence-corrected chi connectivity index (χ0v) is 15.9. The van der Waals surface area contributed by atoms with Crippen LogP contribution in [0.25, 0.3) is 0 Å². The van der Waals surface area contributed by atoms with Crippen LogP contribution in [0.5, 0.6) is 0 Å². The molecule has 0 heterocycles. The van der Waals surface area contributed by atoms with Crippen LogP contribution >= 0.6 is 0 Å². The van der Waals surface area contributed by atoms with Crippen LogP contribution < -0.4 is 0 Å². The fraction of sp³-hybridized carbons (Fsp3) is 0.478. The zero-order valence-electron chi connectivity index (χ0n) is 15.9. The summed E-state index contributed by atoms with van der Waals surface area (Å²) in [5.74, 6) is 0. The van der Waals surface area contributed by atoms with Crippen LogP contribution in [-0.2, 0) is 30.6 Å². The summed E-state index contributed by atoms with van der Waals surface area (Å²) in [7, 11) is 0. The van der Waals surface area contributed by atoms with Crippen molar-refractivity contribution in [3.05, 3.63) is 70.3 Å². The highest BCUT2D eigenvalue weighted by Crippen LogP contribution is 2.23. The summed E-state index contributed by atoms with van der Waals surface area (Å²) >= 11 is 0. The van der Waals surface area contributed by atoms with Crippen molar-refractivity contribution in [1.29, 1.82) is 0 Å². The molecule has 2 nitrogen and oxygen atoms in total. The molecule has 136 valence electrons. The number of hydrogen-bond donors (Lipinski definition) is 1. The quantitative estimate of drug-likeness (QED) is 0.558. The van der Waals surface area contributed by atoms with Gasteiger partial charge in [-0.2, -0.15) is 0 Å². The molecule has 0 saturated carbocycles. The number of ether oxygens (including phenoxy) is 1. The summed E-state index contributed by atoms with van der Waals surface area (Å²) in [5.41, 5.74) is 5.86. The van der Waals surface area contributed by atoms with Crippen LogP contribution in [-0.4, -0.2) is 5.11 Å². The molecule has 0 amide bonds. The van der Waals surface area contributed by atoms with Crippen molar-refractivity contribution in [3.63, 3.8) is 0 Å². The van der Waals surface area contributed by atoms with Crippen molar-refractivity contribution < 1.29 is 9.84 Å². The maximum atomic E-state index is 10.5. The van der Waals surface area contributed by atoms with Crippen molar-refractivity contribution in [1.82, 2.24) is 0 Å². The van der Waals surface area contributed by atoms with Gasteiger partial charge in [0.15, 0.2) is 6.29 Å². The molecule has 1 atom stereocenters. The van der Waals surface area contributed by atoms with Crippen molar-refractivity contribution in [2.45, 2.75) is 72.2 Å². The molecule has 2 aromatic carbocycles. The molecule has 0 bridgehead atoms. The van der Waals surface area contributed by atoms with Gasteiger partial charge in [-0.15, -0.1) is 0 Å². The SMILES string of the molecule is CCCCc1ccc(COC(O)c2ccc(CCC)cc2CC)cc1. The Morgan fingerprint density at radius 1 is 0.840 bits per heavy atom. The summed E-state index contributed by atoms with van der Waals surface area (Å²) in [6.07, 6.45) is 5.81. The van der Waals surface area contributed by atoms with Crippen molar-refractivity contribution in [3.8, 4) is 0 Å². The highest BCUT2D eigenvalue weighted by Gasteiger charge is 2.13. The van der Waals surface area contributed by atoms with Crippen LogP contribution in [0, 0.1) is 0 Å². The van der Waals surface area contributed by atoms with Crippen LogP contribution in [0.4, 0.5) is 0 Å². The molecule has 2 heteroatoms. The van der Waals surface area contributed by atoms with E-state index in [9.17, 15) is 5.11 Å². The maximum absolute atomic E-state index is 10.5. The Kier molecular flexibility index (Phi) is 8.17. The lowest BCUT2D eigenvalue weighted by Crippen LogP contribution is -2.07. The minimum Gasteiger partial charge on any atom is -0.364 e. The Labute approximate surface area is 152 Å². The largest absolute Gasteiger partial charge is 0.364 e. The third-order valence-corrected chi connectivity index (χ3v) is 4.64. The van der Waals surface area contributed by atoms with E-state index < -0.39 is 6.29 Å². The predicted molar refractivity (Wildman–Crippen MR) is 105 cm³/mol. The Morgan fingerprint density at radius 2 is 1.52 bits per heavy atom. The molecular formula is C23H32O2. The van der Waals surface area contributed by atoms with Crippen LogP contribution in [0.15, 0.2) is 42.5 Å². The Bertz CT molecular complexity index is 631. The first kappa shape index (κ1) is 19.7. The van der Waals surface area contributed by atoms with Gasteiger partial charge in [0.1, 0.15) is 0 Å². The second-order valence-corrected chi connectivity index (χ2v) is 6.72. The van der Waals surface area contributed by atoms with E-state index in [1.54, 1.807) is 0 Å². The van der Waals surface area contributed by atoms with E-state index in [-0.39, 0.29) is 0 Å². The lowest BCUT2D eigenvalue weighted by atomic mass is 9.99. The number of aliphatic hydroxyl groups is 1. The van der Waals surface area contributed by atoms with E-state index in [1.165, 1.54) is 29.5 Å². The van der Waals surface area contributed by atoms with E-state index in [1.807, 2.05) is 6.07 Å². The lowest BCUT2D eigenvalue weighted by Gasteiger charge is -2.17. The van der Waals surface area contributed by atoms with E-state index in [0.717, 1.165) is 36.8 Å². The highest BCUT2D eigenvalue weighted by atomic mass is 16.6. The highest BCUT2D eigenvalue weighted by molar-refractivity contribution is 5.33. The number of benzene rings is 2. The number of rotatable bonds is 10. The number of aliphatic hydroxyl groups excluding tert-OH is 1. The predicted octanol–water partition coefficient (Wildman–Crippen LogP) is 5.75. The molecule has 0 radical (unpaired) electrons. The van der Waals surface area contributed by atoms with Gasteiger partial charge < -0.3 is 9.84 Å². The van der Waals surface area contributed by atoms with Gasteiger partial charge in [0.05, 0.1) is 6.61 Å². The van der Waals surface area contributed by atoms with Gasteiger partial charge in [0.25, 0.3) is 0 Å². The number of aryl methyl sites for hydroxylation is 3. The van der Waals surface area contributed by atoms with Crippen molar-refractivity contribution >= 4 is 0 Å². The fourth-order valence-corrected chi connectivity index (χ4v) is 3.10. The Morgan fingerprint density at radius 3 is 2.16 bits per heavy atom. The third-order valence-electron chi connectivity index (χ3n) is 4.64. The van der Waals surface area contributed by atoms with Gasteiger partial charge in [-0.05, 0) is 47.9 Å². The first-order chi connectivity index (χ1) is 12.2. The molecule has 1 N–H and O–H groups in total. The topological polar surface area (TPSA) is 29.5 Å². The summed E-state index contributed by atoms with van der Waals surface area (Å²) in [5, 5.41) is 10.5. The molecule has 2 aromatic rings. The van der Waals surface area contributed by atoms with E-state index >= 15 is 0 Å². The number of unbranched alkanes of at least 4 members (excludes halogenated alkanes) is 1. The number of hydrogen-bond acceptors (Lipinski definition) is 2. The molecule has 0 aliphatic heterocycles. The van der Waals surface area contributed by atoms with Gasteiger partial charge in [-0.1, -0.05) is 76.1 Å². The average Bonchev–Trinajstić information content (AvgIpc) is 2.65. The molecule has 0 spiro atoms. The van der Waals surface area contributed by atoms with E-state index in [4.69, 9.17) is 4.74 Å². The molecule has 0 fully saturated rings. The normalized spacial score (nSPS) is 12.3. The molecule has 0 aliphatic carbocycles. The summed E-state index contributed by atoms with van der Waals surface area (Å²) in [6, 6.07) is 14.9. The first-order valence-electron chi connectivity index (χ1n) is 9.67. The smallest absolute Gasteiger partial charge is 0.181 e. The summed E-state index contributed by atoms with van der Waals surface area (Å²) in [6.45, 7) is 6.94. The standard InChI is InChI=1S/C23H32O2/c1-4-7-9-18-10-12-20(13-11-18)17-25-23(24)22-15-14-19(8-5-2)16-21(22)6-3/h10-16,23-24H,4-9,17H2,1-3H3. The van der Waals surface area contributed by atoms with Gasteiger partial charge in [-0.25, -0.2) is 0 Å². The molecular weight excluding hydrogens is 308 g/mol. The molecule has 25 heavy (non-hydrogen) atoms. The summed E-state index contributed by atoms with van der Waals surface area (Å²) in [4.78, 5) is 0. The van der Waals surface area contributed by atoms with Crippen LogP contribution in [0.1, 0.15) is 74.1 Å². The van der Waals surface area contributed by atoms with Gasteiger partial charge in [-0.3, -0.25) is 0 Å². The monoisotopic (exact) mass is 340 g/mol. The van der Waals surface area contributed by atoms with E-state index in [0.29, 0.717) is 6.61 Å². The van der Waals surface area contributed by atoms with E-state index in [2.05, 4.69) is 57.2 Å². The molecule has 1 unspecified atom stereocenters. The minimum absolute atomic E-state index is 0.426. The maximum Gasteiger partial charge on any atom is 0.181 e. The Hall–Kier alpha value is -1.64. The molecule has 0 saturated heterocycles. The van der Waals surface area contributed by atoms with Gasteiger partial charge in [0.2, 0.25) is 0 Å².